The molecule has 0 spiro atoms. The van der Waals surface area contributed by atoms with Gasteiger partial charge in [-0.3, -0.25) is 4.79 Å². The van der Waals surface area contributed by atoms with Crippen LogP contribution in [0, 0.1) is 6.92 Å². The zero-order valence-corrected chi connectivity index (χ0v) is 18.9. The molecule has 4 rings (SSSR count). The summed E-state index contributed by atoms with van der Waals surface area (Å²) < 4.78 is 2.26. The van der Waals surface area contributed by atoms with Gasteiger partial charge in [0.15, 0.2) is 5.78 Å². The average molecular weight is 416 g/mol. The topological polar surface area (TPSA) is 42.2 Å². The normalized spacial score (nSPS) is 15.0. The highest BCUT2D eigenvalue weighted by atomic mass is 16.2. The fourth-order valence-electron chi connectivity index (χ4n) is 4.13. The molecule has 1 aliphatic rings. The van der Waals surface area contributed by atoms with Gasteiger partial charge in [0.1, 0.15) is 0 Å². The van der Waals surface area contributed by atoms with Crippen molar-refractivity contribution < 1.29 is 9.90 Å². The van der Waals surface area contributed by atoms with Crippen LogP contribution in [0.1, 0.15) is 50.7 Å². The van der Waals surface area contributed by atoms with Crippen molar-refractivity contribution in [3.8, 4) is 0 Å². The number of aliphatic hydroxyl groups is 1. The molecule has 1 aliphatic carbocycles. The van der Waals surface area contributed by atoms with Gasteiger partial charge in [-0.25, -0.2) is 0 Å². The Morgan fingerprint density at radius 3 is 2.35 bits per heavy atom. The largest absolute Gasteiger partial charge is 0.396 e. The second-order valence-electron chi connectivity index (χ2n) is 8.08. The molecule has 0 amide bonds. The number of hydrogen-bond donors (Lipinski definition) is 1. The number of hydrogen-bond acceptors (Lipinski definition) is 2. The molecule has 0 saturated carbocycles. The number of allylic oxidation sites excluding steroid dienone is 4. The van der Waals surface area contributed by atoms with Crippen molar-refractivity contribution in [1.82, 2.24) is 4.57 Å². The van der Waals surface area contributed by atoms with E-state index in [1.54, 1.807) is 0 Å². The van der Waals surface area contributed by atoms with Gasteiger partial charge in [0, 0.05) is 47.8 Å². The molecule has 1 N–H and O–H groups in total. The van der Waals surface area contributed by atoms with Crippen LogP contribution in [0.4, 0.5) is 0 Å². The third-order valence-corrected chi connectivity index (χ3v) is 5.72. The first-order valence-electron chi connectivity index (χ1n) is 11.2. The number of unbranched alkanes of at least 4 members (excludes halogenated alkanes) is 1. The Hall–Kier alpha value is -2.91. The second kappa shape index (κ2) is 10.9. The van der Waals surface area contributed by atoms with Gasteiger partial charge in [0.2, 0.25) is 0 Å². The zero-order valence-electron chi connectivity index (χ0n) is 18.9. The van der Waals surface area contributed by atoms with Crippen LogP contribution in [0.25, 0.3) is 16.5 Å². The van der Waals surface area contributed by atoms with Gasteiger partial charge in [0.25, 0.3) is 0 Å². The van der Waals surface area contributed by atoms with Crippen LogP contribution >= 0.6 is 0 Å². The molecule has 0 unspecified atom stereocenters. The molecule has 2 aromatic carbocycles. The van der Waals surface area contributed by atoms with E-state index in [-0.39, 0.29) is 12.4 Å². The minimum Gasteiger partial charge on any atom is -0.396 e. The average Bonchev–Trinajstić information content (AvgIpc) is 3.26. The van der Waals surface area contributed by atoms with Crippen LogP contribution in [0.15, 0.2) is 78.0 Å². The number of carbonyl (C=O) groups is 1. The van der Waals surface area contributed by atoms with E-state index >= 15 is 0 Å². The first-order chi connectivity index (χ1) is 15.1. The van der Waals surface area contributed by atoms with Crippen LogP contribution < -0.4 is 0 Å². The van der Waals surface area contributed by atoms with Crippen molar-refractivity contribution in [3.05, 3.63) is 89.1 Å². The lowest BCUT2D eigenvalue weighted by Gasteiger charge is -2.05. The van der Waals surface area contributed by atoms with Crippen LogP contribution in [-0.2, 0) is 11.3 Å². The third-order valence-electron chi connectivity index (χ3n) is 5.72. The van der Waals surface area contributed by atoms with Crippen molar-refractivity contribution in [2.45, 2.75) is 53.0 Å². The van der Waals surface area contributed by atoms with Crippen molar-refractivity contribution in [1.29, 1.82) is 0 Å². The number of para-hydroxylation sites is 1. The van der Waals surface area contributed by atoms with Crippen molar-refractivity contribution in [2.75, 3.05) is 6.61 Å². The number of aliphatic hydroxyl groups excluding tert-OH is 1. The maximum atomic E-state index is 12.3. The Kier molecular flexibility index (Phi) is 8.02. The van der Waals surface area contributed by atoms with Crippen molar-refractivity contribution in [2.24, 2.45) is 0 Å². The molecule has 0 aliphatic heterocycles. The predicted octanol–water partition coefficient (Wildman–Crippen LogP) is 6.49. The van der Waals surface area contributed by atoms with Gasteiger partial charge < -0.3 is 9.67 Å². The molecule has 3 aromatic rings. The molecule has 162 valence electrons. The number of Topliss-reactive ketones (excluding diaryl/α,β-unsaturated/α-hetero) is 1. The molecular weight excluding hydrogens is 382 g/mol. The molecule has 0 radical (unpaired) electrons. The van der Waals surface area contributed by atoms with E-state index in [0.717, 1.165) is 42.5 Å². The first kappa shape index (κ1) is 22.8. The molecule has 0 fully saturated rings. The molecule has 1 aromatic heterocycles. The number of aryl methyl sites for hydroxylation is 2. The maximum Gasteiger partial charge on any atom is 0.163 e. The molecule has 3 heteroatoms. The second-order valence-corrected chi connectivity index (χ2v) is 8.08. The Labute approximate surface area is 185 Å². The molecule has 31 heavy (non-hydrogen) atoms. The lowest BCUT2D eigenvalue weighted by molar-refractivity contribution is -0.114. The van der Waals surface area contributed by atoms with Gasteiger partial charge in [-0.2, -0.15) is 0 Å². The lowest BCUT2D eigenvalue weighted by Crippen LogP contribution is -1.97. The summed E-state index contributed by atoms with van der Waals surface area (Å²) in [5.74, 6) is 0.238. The number of carbonyl (C=O) groups excluding carboxylic acids is 1. The zero-order chi connectivity index (χ0) is 22.2. The Morgan fingerprint density at radius 1 is 1.00 bits per heavy atom. The quantitative estimate of drug-likeness (QED) is 0.467. The summed E-state index contributed by atoms with van der Waals surface area (Å²) in [6.45, 7) is 7.26. The van der Waals surface area contributed by atoms with Crippen molar-refractivity contribution in [3.63, 3.8) is 0 Å². The van der Waals surface area contributed by atoms with Crippen molar-refractivity contribution >= 4 is 22.3 Å². The molecule has 1 heterocycles. The van der Waals surface area contributed by atoms with E-state index in [1.165, 1.54) is 22.0 Å². The maximum absolute atomic E-state index is 12.3. The SMILES string of the molecule is CC/C=C1\CC(=O)C(C)=C1c1cn(CCCCO)c2ccccc12.Cc1ccccc1. The number of ketones is 1. The van der Waals surface area contributed by atoms with E-state index in [2.05, 4.69) is 67.1 Å². The highest BCUT2D eigenvalue weighted by Crippen LogP contribution is 2.40. The molecule has 0 atom stereocenters. The van der Waals surface area contributed by atoms with Gasteiger partial charge in [-0.05, 0) is 50.3 Å². The van der Waals surface area contributed by atoms with Crippen LogP contribution in [-0.4, -0.2) is 22.1 Å². The summed E-state index contributed by atoms with van der Waals surface area (Å²) >= 11 is 0. The molecule has 0 saturated heterocycles. The summed E-state index contributed by atoms with van der Waals surface area (Å²) in [7, 11) is 0. The van der Waals surface area contributed by atoms with Crippen LogP contribution in [0.5, 0.6) is 0 Å². The highest BCUT2D eigenvalue weighted by Gasteiger charge is 2.27. The van der Waals surface area contributed by atoms with E-state index in [1.807, 2.05) is 25.1 Å². The summed E-state index contributed by atoms with van der Waals surface area (Å²) in [5.41, 5.74) is 6.85. The first-order valence-corrected chi connectivity index (χ1v) is 11.2. The Morgan fingerprint density at radius 2 is 1.71 bits per heavy atom. The van der Waals surface area contributed by atoms with Crippen LogP contribution in [0.2, 0.25) is 0 Å². The van der Waals surface area contributed by atoms with Gasteiger partial charge >= 0.3 is 0 Å². The summed E-state index contributed by atoms with van der Waals surface area (Å²) in [6, 6.07) is 18.6. The summed E-state index contributed by atoms with van der Waals surface area (Å²) in [4.78, 5) is 12.3. The highest BCUT2D eigenvalue weighted by molar-refractivity contribution is 6.15. The standard InChI is InChI=1S/C21H25NO2.C7H8/c1-3-8-16-13-20(24)15(2)21(16)18-14-22(11-6-7-12-23)19-10-5-4-9-17(18)19;1-7-5-3-2-4-6-7/h4-5,8-10,14,23H,3,6-7,11-13H2,1-2H3;2-6H,1H3/b16-8+;. The van der Waals surface area contributed by atoms with E-state index in [0.29, 0.717) is 6.42 Å². The smallest absolute Gasteiger partial charge is 0.163 e. The minimum absolute atomic E-state index is 0.230. The fourth-order valence-corrected chi connectivity index (χ4v) is 4.13. The number of benzene rings is 2. The van der Waals surface area contributed by atoms with E-state index in [4.69, 9.17) is 5.11 Å². The van der Waals surface area contributed by atoms with Crippen LogP contribution in [0.3, 0.4) is 0 Å². The Balaban J connectivity index is 0.000000330. The monoisotopic (exact) mass is 415 g/mol. The minimum atomic E-state index is 0.230. The summed E-state index contributed by atoms with van der Waals surface area (Å²) in [6.07, 6.45) is 7.59. The fraction of sp³-hybridized carbons (Fsp3) is 0.321. The molecular formula is C28H33NO2. The van der Waals surface area contributed by atoms with E-state index in [9.17, 15) is 4.79 Å². The lowest BCUT2D eigenvalue weighted by atomic mass is 9.97. The van der Waals surface area contributed by atoms with Gasteiger partial charge in [-0.1, -0.05) is 67.1 Å². The number of rotatable bonds is 6. The molecule has 3 nitrogen and oxygen atoms in total. The predicted molar refractivity (Wildman–Crippen MR) is 130 cm³/mol. The third kappa shape index (κ3) is 5.42. The van der Waals surface area contributed by atoms with E-state index < -0.39 is 0 Å². The Bertz CT molecular complexity index is 1090. The van der Waals surface area contributed by atoms with Gasteiger partial charge in [-0.15, -0.1) is 0 Å². The number of fused-ring (bicyclic) bond motifs is 1. The molecule has 0 bridgehead atoms. The summed E-state index contributed by atoms with van der Waals surface area (Å²) in [5, 5.41) is 10.2. The number of nitrogens with zero attached hydrogens (tertiary/aromatic N) is 1. The number of aromatic nitrogens is 1. The van der Waals surface area contributed by atoms with Gasteiger partial charge in [0.05, 0.1) is 0 Å².